The summed E-state index contributed by atoms with van der Waals surface area (Å²) in [5.41, 5.74) is 23.9. The van der Waals surface area contributed by atoms with Crippen LogP contribution in [0.3, 0.4) is 0 Å². The number of hydrogen-bond donors (Lipinski definition) is 0. The van der Waals surface area contributed by atoms with Crippen molar-refractivity contribution in [3.05, 3.63) is 248 Å². The van der Waals surface area contributed by atoms with Crippen LogP contribution in [0.4, 0.5) is 17.1 Å². The third-order valence-electron chi connectivity index (χ3n) is 16.7. The monoisotopic (exact) mass is 977 g/mol. The minimum atomic E-state index is -1.97. The Bertz CT molecular complexity index is 4460. The molecule has 0 radical (unpaired) electrons. The predicted molar refractivity (Wildman–Crippen MR) is 317 cm³/mol. The van der Waals surface area contributed by atoms with Gasteiger partial charge in [0.05, 0.1) is 0 Å². The van der Waals surface area contributed by atoms with Crippen molar-refractivity contribution in [3.8, 4) is 66.8 Å². The van der Waals surface area contributed by atoms with Gasteiger partial charge in [-0.25, -0.2) is 0 Å². The topological polar surface area (TPSA) is 29.5 Å². The Morgan fingerprint density at radius 1 is 0.333 bits per heavy atom. The van der Waals surface area contributed by atoms with Crippen LogP contribution in [0.1, 0.15) is 25.0 Å². The fourth-order valence-corrected chi connectivity index (χ4v) is 16.1. The molecule has 0 N–H and O–H groups in total. The van der Waals surface area contributed by atoms with E-state index < -0.39 is 8.07 Å². The smallest absolute Gasteiger partial charge is 0.136 e. The van der Waals surface area contributed by atoms with Crippen LogP contribution in [0.5, 0.6) is 0 Å². The molecule has 2 aromatic heterocycles. The second-order valence-electron chi connectivity index (χ2n) is 21.5. The van der Waals surface area contributed by atoms with Crippen molar-refractivity contribution in [2.45, 2.75) is 32.4 Å². The Labute approximate surface area is 437 Å². The van der Waals surface area contributed by atoms with Crippen LogP contribution >= 0.6 is 0 Å². The molecule has 0 atom stereocenters. The summed E-state index contributed by atoms with van der Waals surface area (Å²) in [6.45, 7) is 9.72. The number of para-hydroxylation sites is 2. The van der Waals surface area contributed by atoms with Crippen molar-refractivity contribution < 1.29 is 8.83 Å². The van der Waals surface area contributed by atoms with Crippen LogP contribution in [0.2, 0.25) is 13.1 Å². The third-order valence-corrected chi connectivity index (χ3v) is 20.3. The molecule has 75 heavy (non-hydrogen) atoms. The van der Waals surface area contributed by atoms with Crippen molar-refractivity contribution in [3.63, 3.8) is 0 Å². The van der Waals surface area contributed by atoms with E-state index in [4.69, 9.17) is 8.83 Å². The average Bonchev–Trinajstić information content (AvgIpc) is 4.19. The zero-order valence-corrected chi connectivity index (χ0v) is 43.3. The van der Waals surface area contributed by atoms with Gasteiger partial charge >= 0.3 is 0 Å². The molecule has 0 spiro atoms. The van der Waals surface area contributed by atoms with Crippen LogP contribution < -0.4 is 15.3 Å². The lowest BCUT2D eigenvalue weighted by atomic mass is 9.80. The standard InChI is InChI=1S/C71H51NO2Si/c1-71(2)59-22-12-8-18-51(59)52-36-30-47(42-60(52)71)68-56(39-41-64-70(68)58-21-10-14-24-62(58)74-64)55-38-40-63-69(57-20-9-13-23-61(57)73-63)67(55)46-28-33-49(34-29-46)72(48-31-26-45(27-32-48)44-16-6-5-7-17-44)50-35-37-54-53-19-11-15-25-65(53)75(3,4)66(54)43-50/h5-43H,1-4H3. The van der Waals surface area contributed by atoms with E-state index in [0.29, 0.717) is 0 Å². The summed E-state index contributed by atoms with van der Waals surface area (Å²) >= 11 is 0. The lowest BCUT2D eigenvalue weighted by molar-refractivity contribution is 0.660. The van der Waals surface area contributed by atoms with E-state index in [1.807, 2.05) is 0 Å². The predicted octanol–water partition coefficient (Wildman–Crippen LogP) is 18.7. The first kappa shape index (κ1) is 43.6. The Balaban J connectivity index is 0.941. The van der Waals surface area contributed by atoms with Crippen LogP contribution in [0, 0.1) is 0 Å². The molecule has 2 aliphatic rings. The molecular formula is C71H51NO2Si. The molecule has 0 saturated carbocycles. The number of furan rings is 2. The Kier molecular flexibility index (Phi) is 9.46. The molecule has 3 heterocycles. The summed E-state index contributed by atoms with van der Waals surface area (Å²) in [7, 11) is -1.97. The average molecular weight is 978 g/mol. The zero-order valence-electron chi connectivity index (χ0n) is 42.3. The zero-order chi connectivity index (χ0) is 50.2. The number of fused-ring (bicyclic) bond motifs is 12. The molecular weight excluding hydrogens is 927 g/mol. The van der Waals surface area contributed by atoms with Crippen molar-refractivity contribution >= 4 is 79.4 Å². The molecule has 11 aromatic carbocycles. The highest BCUT2D eigenvalue weighted by Gasteiger charge is 2.38. The molecule has 0 bridgehead atoms. The summed E-state index contributed by atoms with van der Waals surface area (Å²) in [6.07, 6.45) is 0. The first-order valence-corrected chi connectivity index (χ1v) is 29.1. The highest BCUT2D eigenvalue weighted by atomic mass is 28.3. The van der Waals surface area contributed by atoms with E-state index in [0.717, 1.165) is 94.3 Å². The van der Waals surface area contributed by atoms with Gasteiger partial charge in [0.25, 0.3) is 0 Å². The molecule has 0 fully saturated rings. The third kappa shape index (κ3) is 6.52. The van der Waals surface area contributed by atoms with Gasteiger partial charge in [0, 0.05) is 55.1 Å². The minimum absolute atomic E-state index is 0.170. The van der Waals surface area contributed by atoms with Crippen LogP contribution in [0.15, 0.2) is 245 Å². The van der Waals surface area contributed by atoms with Crippen LogP contribution in [-0.4, -0.2) is 8.07 Å². The molecule has 13 aromatic rings. The fraction of sp³-hybridized carbons (Fsp3) is 0.0704. The molecule has 1 aliphatic carbocycles. The number of anilines is 3. The van der Waals surface area contributed by atoms with E-state index >= 15 is 0 Å². The molecule has 3 nitrogen and oxygen atoms in total. The SMILES string of the molecule is CC1(C)c2ccccc2-c2ccc(-c3c(-c4ccc5oc6ccccc6c5c4-c4ccc(N(c5ccc(-c6ccccc6)cc5)c5ccc6c(c5)[Si](C)(C)c5ccccc5-6)cc4)ccc4oc5ccccc5c34)cc21. The second-order valence-corrected chi connectivity index (χ2v) is 25.9. The van der Waals surface area contributed by atoms with Gasteiger partial charge in [-0.15, -0.1) is 0 Å². The van der Waals surface area contributed by atoms with E-state index in [-0.39, 0.29) is 5.41 Å². The van der Waals surface area contributed by atoms with E-state index in [1.54, 1.807) is 0 Å². The quantitative estimate of drug-likeness (QED) is 0.149. The summed E-state index contributed by atoms with van der Waals surface area (Å²) in [4.78, 5) is 2.44. The maximum Gasteiger partial charge on any atom is 0.136 e. The number of benzene rings is 11. The second kappa shape index (κ2) is 16.3. The first-order chi connectivity index (χ1) is 36.7. The first-order valence-electron chi connectivity index (χ1n) is 26.1. The maximum absolute atomic E-state index is 6.72. The molecule has 0 unspecified atom stereocenters. The fourth-order valence-electron chi connectivity index (χ4n) is 13.0. The molecule has 0 amide bonds. The largest absolute Gasteiger partial charge is 0.456 e. The van der Waals surface area contributed by atoms with Gasteiger partial charge in [-0.05, 0) is 156 Å². The van der Waals surface area contributed by atoms with E-state index in [9.17, 15) is 0 Å². The Hall–Kier alpha value is -8.96. The summed E-state index contributed by atoms with van der Waals surface area (Å²) in [6, 6.07) is 87.0. The van der Waals surface area contributed by atoms with Gasteiger partial charge in [-0.3, -0.25) is 0 Å². The van der Waals surface area contributed by atoms with Gasteiger partial charge in [0.1, 0.15) is 30.4 Å². The van der Waals surface area contributed by atoms with Crippen molar-refractivity contribution in [2.24, 2.45) is 0 Å². The maximum atomic E-state index is 6.72. The summed E-state index contributed by atoms with van der Waals surface area (Å²) < 4.78 is 13.4. The lowest BCUT2D eigenvalue weighted by Crippen LogP contribution is -2.49. The molecule has 15 rings (SSSR count). The minimum Gasteiger partial charge on any atom is -0.456 e. The number of hydrogen-bond acceptors (Lipinski definition) is 3. The van der Waals surface area contributed by atoms with Crippen molar-refractivity contribution in [2.75, 3.05) is 4.90 Å². The number of rotatable bonds is 7. The normalized spacial score (nSPS) is 13.8. The summed E-state index contributed by atoms with van der Waals surface area (Å²) in [5, 5.41) is 7.39. The number of nitrogens with zero attached hydrogens (tertiary/aromatic N) is 1. The van der Waals surface area contributed by atoms with Gasteiger partial charge in [0.15, 0.2) is 0 Å². The Morgan fingerprint density at radius 2 is 0.800 bits per heavy atom. The molecule has 0 saturated heterocycles. The highest BCUT2D eigenvalue weighted by molar-refractivity contribution is 7.03. The van der Waals surface area contributed by atoms with Crippen molar-refractivity contribution in [1.29, 1.82) is 0 Å². The highest BCUT2D eigenvalue weighted by Crippen LogP contribution is 2.53. The van der Waals surface area contributed by atoms with Crippen LogP contribution in [0.25, 0.3) is 111 Å². The molecule has 356 valence electrons. The molecule has 4 heteroatoms. The summed E-state index contributed by atoms with van der Waals surface area (Å²) in [5.74, 6) is 0. The van der Waals surface area contributed by atoms with Gasteiger partial charge < -0.3 is 13.7 Å². The lowest BCUT2D eigenvalue weighted by Gasteiger charge is -2.28. The van der Waals surface area contributed by atoms with Crippen LogP contribution in [-0.2, 0) is 5.41 Å². The van der Waals surface area contributed by atoms with Crippen molar-refractivity contribution in [1.82, 2.24) is 0 Å². The van der Waals surface area contributed by atoms with Gasteiger partial charge in [-0.2, -0.15) is 0 Å². The Morgan fingerprint density at radius 3 is 1.47 bits per heavy atom. The van der Waals surface area contributed by atoms with E-state index in [1.165, 1.54) is 54.9 Å². The van der Waals surface area contributed by atoms with Gasteiger partial charge in [0.2, 0.25) is 0 Å². The van der Waals surface area contributed by atoms with Gasteiger partial charge in [-0.1, -0.05) is 185 Å². The van der Waals surface area contributed by atoms with E-state index in [2.05, 4.69) is 268 Å². The molecule has 1 aliphatic heterocycles.